The van der Waals surface area contributed by atoms with Crippen molar-refractivity contribution in [1.29, 1.82) is 0 Å². The molecule has 21 heavy (non-hydrogen) atoms. The molecular weight excluding hydrogens is 375 g/mol. The van der Waals surface area contributed by atoms with E-state index in [1.54, 1.807) is 0 Å². The minimum Gasteiger partial charge on any atom is -0.325 e. The molecule has 0 aliphatic carbocycles. The van der Waals surface area contributed by atoms with Gasteiger partial charge >= 0.3 is 0 Å². The van der Waals surface area contributed by atoms with Crippen LogP contribution in [0.5, 0.6) is 0 Å². The van der Waals surface area contributed by atoms with Gasteiger partial charge in [0.2, 0.25) is 5.91 Å². The van der Waals surface area contributed by atoms with Crippen molar-refractivity contribution >= 4 is 34.2 Å². The Morgan fingerprint density at radius 3 is 2.38 bits per heavy atom. The van der Waals surface area contributed by atoms with Gasteiger partial charge in [-0.2, -0.15) is 0 Å². The number of rotatable bonds is 6. The number of carbonyl (C=O) groups is 1. The predicted molar refractivity (Wildman–Crippen MR) is 95.3 cm³/mol. The summed E-state index contributed by atoms with van der Waals surface area (Å²) in [6, 6.07) is 18.2. The second kappa shape index (κ2) is 8.14. The van der Waals surface area contributed by atoms with Crippen LogP contribution in [-0.2, 0) is 4.79 Å². The van der Waals surface area contributed by atoms with Gasteiger partial charge in [0.05, 0.1) is 6.54 Å². The van der Waals surface area contributed by atoms with Crippen molar-refractivity contribution in [3.63, 3.8) is 0 Å². The highest BCUT2D eigenvalue weighted by Gasteiger charge is 2.10. The molecule has 1 atom stereocenters. The van der Waals surface area contributed by atoms with Gasteiger partial charge in [0.1, 0.15) is 0 Å². The maximum atomic E-state index is 12.0. The molecule has 0 radical (unpaired) electrons. The van der Waals surface area contributed by atoms with Crippen LogP contribution < -0.4 is 10.6 Å². The van der Waals surface area contributed by atoms with Crippen molar-refractivity contribution in [2.75, 3.05) is 11.9 Å². The van der Waals surface area contributed by atoms with Crippen LogP contribution >= 0.6 is 22.6 Å². The van der Waals surface area contributed by atoms with E-state index >= 15 is 0 Å². The first-order chi connectivity index (χ1) is 10.2. The maximum Gasteiger partial charge on any atom is 0.238 e. The lowest BCUT2D eigenvalue weighted by Crippen LogP contribution is -2.31. The van der Waals surface area contributed by atoms with E-state index in [1.165, 1.54) is 5.56 Å². The number of benzene rings is 2. The van der Waals surface area contributed by atoms with Crippen LogP contribution in [0.25, 0.3) is 0 Å². The second-order valence-corrected chi connectivity index (χ2v) is 6.05. The third-order valence-corrected chi connectivity index (χ3v) is 3.97. The maximum absolute atomic E-state index is 12.0. The van der Waals surface area contributed by atoms with Crippen molar-refractivity contribution in [2.24, 2.45) is 0 Å². The lowest BCUT2D eigenvalue weighted by Gasteiger charge is -2.17. The highest BCUT2D eigenvalue weighted by atomic mass is 127. The van der Waals surface area contributed by atoms with Gasteiger partial charge in [-0.15, -0.1) is 0 Å². The highest BCUT2D eigenvalue weighted by molar-refractivity contribution is 14.1. The fourth-order valence-electron chi connectivity index (χ4n) is 2.14. The molecule has 0 spiro atoms. The summed E-state index contributed by atoms with van der Waals surface area (Å²) in [6.45, 7) is 2.42. The molecule has 0 aliphatic heterocycles. The lowest BCUT2D eigenvalue weighted by atomic mass is 10.0. The summed E-state index contributed by atoms with van der Waals surface area (Å²) >= 11 is 2.24. The van der Waals surface area contributed by atoms with E-state index in [0.29, 0.717) is 6.54 Å². The quantitative estimate of drug-likeness (QED) is 0.729. The van der Waals surface area contributed by atoms with Gasteiger partial charge in [-0.05, 0) is 58.8 Å². The first-order valence-corrected chi connectivity index (χ1v) is 8.10. The van der Waals surface area contributed by atoms with Gasteiger partial charge < -0.3 is 10.6 Å². The fourth-order valence-corrected chi connectivity index (χ4v) is 2.50. The molecule has 3 nitrogen and oxygen atoms in total. The smallest absolute Gasteiger partial charge is 0.238 e. The van der Waals surface area contributed by atoms with E-state index in [1.807, 2.05) is 42.5 Å². The van der Waals surface area contributed by atoms with Gasteiger partial charge in [-0.3, -0.25) is 4.79 Å². The molecule has 2 aromatic carbocycles. The molecule has 0 aliphatic rings. The summed E-state index contributed by atoms with van der Waals surface area (Å²) in [5, 5.41) is 6.20. The Balaban J connectivity index is 1.86. The summed E-state index contributed by atoms with van der Waals surface area (Å²) < 4.78 is 1.15. The largest absolute Gasteiger partial charge is 0.325 e. The van der Waals surface area contributed by atoms with Crippen molar-refractivity contribution in [2.45, 2.75) is 19.4 Å². The summed E-state index contributed by atoms with van der Waals surface area (Å²) in [4.78, 5) is 12.0. The van der Waals surface area contributed by atoms with Gasteiger partial charge in [-0.1, -0.05) is 37.3 Å². The number of anilines is 1. The van der Waals surface area contributed by atoms with Crippen LogP contribution in [-0.4, -0.2) is 12.5 Å². The van der Waals surface area contributed by atoms with Crippen LogP contribution in [0.2, 0.25) is 0 Å². The van der Waals surface area contributed by atoms with E-state index in [9.17, 15) is 4.79 Å². The highest BCUT2D eigenvalue weighted by Crippen LogP contribution is 2.15. The summed E-state index contributed by atoms with van der Waals surface area (Å²) in [5.41, 5.74) is 2.04. The van der Waals surface area contributed by atoms with Crippen molar-refractivity contribution in [1.82, 2.24) is 5.32 Å². The molecular formula is C17H19IN2O. The minimum atomic E-state index is -0.0226. The Kier molecular flexibility index (Phi) is 6.20. The molecule has 0 bridgehead atoms. The van der Waals surface area contributed by atoms with Crippen LogP contribution in [0.1, 0.15) is 24.9 Å². The average molecular weight is 394 g/mol. The van der Waals surface area contributed by atoms with Crippen molar-refractivity contribution in [3.8, 4) is 0 Å². The number of amides is 1. The van der Waals surface area contributed by atoms with Crippen LogP contribution in [0.15, 0.2) is 54.6 Å². The fraction of sp³-hybridized carbons (Fsp3) is 0.235. The van der Waals surface area contributed by atoms with Crippen LogP contribution in [0.4, 0.5) is 5.69 Å². The zero-order valence-electron chi connectivity index (χ0n) is 12.0. The SMILES string of the molecule is CCC(NCC(=O)Nc1ccc(I)cc1)c1ccccc1. The Morgan fingerprint density at radius 2 is 1.76 bits per heavy atom. The first-order valence-electron chi connectivity index (χ1n) is 7.02. The normalized spacial score (nSPS) is 11.9. The zero-order valence-corrected chi connectivity index (χ0v) is 14.1. The Morgan fingerprint density at radius 1 is 1.10 bits per heavy atom. The number of carbonyl (C=O) groups excluding carboxylic acids is 1. The summed E-state index contributed by atoms with van der Waals surface area (Å²) in [7, 11) is 0. The molecule has 0 saturated heterocycles. The Hall–Kier alpha value is -1.40. The van der Waals surface area contributed by atoms with Gasteiger partial charge in [0.15, 0.2) is 0 Å². The zero-order chi connectivity index (χ0) is 15.1. The lowest BCUT2D eigenvalue weighted by molar-refractivity contribution is -0.115. The summed E-state index contributed by atoms with van der Waals surface area (Å²) in [5.74, 6) is -0.0226. The molecule has 0 saturated carbocycles. The van der Waals surface area contributed by atoms with E-state index < -0.39 is 0 Å². The van der Waals surface area contributed by atoms with Gasteiger partial charge in [-0.25, -0.2) is 0 Å². The van der Waals surface area contributed by atoms with E-state index in [-0.39, 0.29) is 11.9 Å². The Bertz CT molecular complexity index is 569. The van der Waals surface area contributed by atoms with Crippen LogP contribution in [0, 0.1) is 3.57 Å². The third-order valence-electron chi connectivity index (χ3n) is 3.25. The van der Waals surface area contributed by atoms with Crippen molar-refractivity contribution in [3.05, 3.63) is 63.7 Å². The predicted octanol–water partition coefficient (Wildman–Crippen LogP) is 3.97. The second-order valence-electron chi connectivity index (χ2n) is 4.81. The van der Waals surface area contributed by atoms with Crippen LogP contribution in [0.3, 0.4) is 0 Å². The van der Waals surface area contributed by atoms with Crippen molar-refractivity contribution < 1.29 is 4.79 Å². The standard InChI is InChI=1S/C17H19IN2O/c1-2-16(13-6-4-3-5-7-13)19-12-17(21)20-15-10-8-14(18)9-11-15/h3-11,16,19H,2,12H2,1H3,(H,20,21). The molecule has 4 heteroatoms. The molecule has 2 rings (SSSR count). The average Bonchev–Trinajstić information content (AvgIpc) is 2.51. The molecule has 1 amide bonds. The van der Waals surface area contributed by atoms with E-state index in [4.69, 9.17) is 0 Å². The molecule has 2 aromatic rings. The summed E-state index contributed by atoms with van der Waals surface area (Å²) in [6.07, 6.45) is 0.945. The number of hydrogen-bond donors (Lipinski definition) is 2. The molecule has 1 unspecified atom stereocenters. The number of halogens is 1. The van der Waals surface area contributed by atoms with E-state index in [2.05, 4.69) is 52.3 Å². The van der Waals surface area contributed by atoms with Gasteiger partial charge in [0, 0.05) is 15.3 Å². The Labute approximate surface area is 139 Å². The third kappa shape index (κ3) is 5.13. The molecule has 2 N–H and O–H groups in total. The first kappa shape index (κ1) is 16.0. The molecule has 0 fully saturated rings. The minimum absolute atomic E-state index is 0.0226. The molecule has 0 aromatic heterocycles. The topological polar surface area (TPSA) is 41.1 Å². The number of hydrogen-bond acceptors (Lipinski definition) is 2. The molecule has 0 heterocycles. The monoisotopic (exact) mass is 394 g/mol. The number of nitrogens with one attached hydrogen (secondary N) is 2. The van der Waals surface area contributed by atoms with Gasteiger partial charge in [0.25, 0.3) is 0 Å². The molecule has 110 valence electrons. The van der Waals surface area contributed by atoms with E-state index in [0.717, 1.165) is 15.7 Å².